The summed E-state index contributed by atoms with van der Waals surface area (Å²) in [5, 5.41) is 9.96. The zero-order valence-corrected chi connectivity index (χ0v) is 19.8. The number of nitrogens with zero attached hydrogens (tertiary/aromatic N) is 4. The van der Waals surface area contributed by atoms with E-state index < -0.39 is 22.7 Å². The topological polar surface area (TPSA) is 115 Å². The molecule has 5 rings (SSSR count). The van der Waals surface area contributed by atoms with E-state index in [-0.39, 0.29) is 27.7 Å². The number of hydrogen-bond acceptors (Lipinski definition) is 8. The summed E-state index contributed by atoms with van der Waals surface area (Å²) in [5.74, 6) is -0.281. The molecular formula is C23H19F3N6O3S. The summed E-state index contributed by atoms with van der Waals surface area (Å²) < 4.78 is 71.7. The molecule has 0 saturated heterocycles. The average molecular weight is 517 g/mol. The van der Waals surface area contributed by atoms with Crippen LogP contribution in [0, 0.1) is 13.8 Å². The van der Waals surface area contributed by atoms with Crippen molar-refractivity contribution < 1.29 is 26.1 Å². The van der Waals surface area contributed by atoms with Gasteiger partial charge in [0.25, 0.3) is 10.0 Å². The number of halogens is 3. The zero-order valence-electron chi connectivity index (χ0n) is 19.0. The minimum Gasteiger partial charge on any atom is -0.360 e. The maximum atomic E-state index is 13.3. The van der Waals surface area contributed by atoms with E-state index in [0.717, 1.165) is 14.9 Å². The average Bonchev–Trinajstić information content (AvgIpc) is 3.41. The standard InChI is InChI=1S/C23H19F3N6O3S/c1-13-3-6-16(7-4-13)36(33,34)32-10-9-18-20(27-12-23(24,25)26)29-22(30-21(18)32)28-15-5-8-17-14(2)31-35-19(17)11-15/h3-11H,12H2,1-2H3,(H2,27,28,29,30). The lowest BCUT2D eigenvalue weighted by molar-refractivity contribution is -0.115. The number of aromatic nitrogens is 4. The molecule has 0 saturated carbocycles. The highest BCUT2D eigenvalue weighted by Crippen LogP contribution is 2.30. The van der Waals surface area contributed by atoms with Crippen molar-refractivity contribution in [3.63, 3.8) is 0 Å². The molecule has 0 aliphatic carbocycles. The van der Waals surface area contributed by atoms with Crippen LogP contribution in [-0.2, 0) is 10.0 Å². The number of anilines is 3. The second-order valence-corrected chi connectivity index (χ2v) is 9.95. The molecule has 36 heavy (non-hydrogen) atoms. The fourth-order valence-electron chi connectivity index (χ4n) is 3.65. The highest BCUT2D eigenvalue weighted by atomic mass is 32.2. The van der Waals surface area contributed by atoms with E-state index in [0.29, 0.717) is 17.0 Å². The van der Waals surface area contributed by atoms with Crippen molar-refractivity contribution in [3.05, 3.63) is 66.0 Å². The van der Waals surface area contributed by atoms with E-state index in [1.165, 1.54) is 24.4 Å². The molecule has 0 aliphatic rings. The van der Waals surface area contributed by atoms with Crippen molar-refractivity contribution in [1.82, 2.24) is 19.1 Å². The Labute approximate surface area is 203 Å². The number of hydrogen-bond donors (Lipinski definition) is 2. The molecule has 5 aromatic rings. The molecule has 9 nitrogen and oxygen atoms in total. The number of rotatable bonds is 6. The van der Waals surface area contributed by atoms with Crippen LogP contribution in [0.5, 0.6) is 0 Å². The summed E-state index contributed by atoms with van der Waals surface area (Å²) >= 11 is 0. The first-order valence-electron chi connectivity index (χ1n) is 10.7. The SMILES string of the molecule is Cc1ccc(S(=O)(=O)n2ccc3c(NCC(F)(F)F)nc(Nc4ccc5c(C)noc5c4)nc32)cc1. The summed E-state index contributed by atoms with van der Waals surface area (Å²) in [6, 6.07) is 12.7. The van der Waals surface area contributed by atoms with Gasteiger partial charge in [-0.05, 0) is 44.2 Å². The van der Waals surface area contributed by atoms with Gasteiger partial charge in [0.05, 0.1) is 16.0 Å². The highest BCUT2D eigenvalue weighted by molar-refractivity contribution is 7.90. The molecule has 0 amide bonds. The Morgan fingerprint density at radius 2 is 1.75 bits per heavy atom. The Morgan fingerprint density at radius 1 is 1.00 bits per heavy atom. The third kappa shape index (κ3) is 4.44. The number of aryl methyl sites for hydroxylation is 2. The van der Waals surface area contributed by atoms with Crippen LogP contribution >= 0.6 is 0 Å². The fraction of sp³-hybridized carbons (Fsp3) is 0.174. The normalized spacial score (nSPS) is 12.4. The Hall–Kier alpha value is -4.13. The van der Waals surface area contributed by atoms with Crippen molar-refractivity contribution in [2.24, 2.45) is 0 Å². The van der Waals surface area contributed by atoms with Gasteiger partial charge in [-0.2, -0.15) is 23.1 Å². The quantitative estimate of drug-likeness (QED) is 0.319. The molecule has 0 aliphatic heterocycles. The van der Waals surface area contributed by atoms with Gasteiger partial charge >= 0.3 is 6.18 Å². The van der Waals surface area contributed by atoms with Crippen LogP contribution in [0.3, 0.4) is 0 Å². The number of fused-ring (bicyclic) bond motifs is 2. The van der Waals surface area contributed by atoms with E-state index in [1.54, 1.807) is 37.3 Å². The molecule has 0 bridgehead atoms. The van der Waals surface area contributed by atoms with Gasteiger partial charge < -0.3 is 15.2 Å². The van der Waals surface area contributed by atoms with Crippen LogP contribution in [-0.4, -0.2) is 40.2 Å². The summed E-state index contributed by atoms with van der Waals surface area (Å²) in [4.78, 5) is 8.51. The molecule has 0 fully saturated rings. The van der Waals surface area contributed by atoms with Crippen LogP contribution in [0.2, 0.25) is 0 Å². The van der Waals surface area contributed by atoms with Gasteiger partial charge in [0.1, 0.15) is 12.4 Å². The van der Waals surface area contributed by atoms with Crippen LogP contribution < -0.4 is 10.6 Å². The van der Waals surface area contributed by atoms with Gasteiger partial charge in [0, 0.05) is 23.3 Å². The minimum atomic E-state index is -4.52. The molecule has 186 valence electrons. The predicted molar refractivity (Wildman–Crippen MR) is 128 cm³/mol. The van der Waals surface area contributed by atoms with Crippen molar-refractivity contribution in [1.29, 1.82) is 0 Å². The third-order valence-electron chi connectivity index (χ3n) is 5.45. The van der Waals surface area contributed by atoms with Crippen molar-refractivity contribution in [3.8, 4) is 0 Å². The van der Waals surface area contributed by atoms with E-state index in [4.69, 9.17) is 4.52 Å². The lowest BCUT2D eigenvalue weighted by Gasteiger charge is -2.13. The molecule has 0 radical (unpaired) electrons. The molecule has 13 heteroatoms. The number of nitrogens with one attached hydrogen (secondary N) is 2. The Kier molecular flexibility index (Phi) is 5.58. The van der Waals surface area contributed by atoms with Crippen LogP contribution in [0.1, 0.15) is 11.3 Å². The molecule has 3 aromatic heterocycles. The Morgan fingerprint density at radius 3 is 2.47 bits per heavy atom. The molecule has 0 spiro atoms. The summed E-state index contributed by atoms with van der Waals surface area (Å²) in [5.41, 5.74) is 2.44. The van der Waals surface area contributed by atoms with E-state index in [1.807, 2.05) is 6.92 Å². The molecule has 2 aromatic carbocycles. The monoisotopic (exact) mass is 516 g/mol. The fourth-order valence-corrected chi connectivity index (χ4v) is 4.95. The molecule has 0 unspecified atom stereocenters. The number of alkyl halides is 3. The largest absolute Gasteiger partial charge is 0.405 e. The maximum absolute atomic E-state index is 13.3. The molecular weight excluding hydrogens is 497 g/mol. The zero-order chi connectivity index (χ0) is 25.7. The lowest BCUT2D eigenvalue weighted by Crippen LogP contribution is -2.22. The van der Waals surface area contributed by atoms with E-state index >= 15 is 0 Å². The van der Waals surface area contributed by atoms with Crippen molar-refractivity contribution >= 4 is 49.5 Å². The van der Waals surface area contributed by atoms with E-state index in [2.05, 4.69) is 25.8 Å². The summed E-state index contributed by atoms with van der Waals surface area (Å²) in [7, 11) is -4.09. The van der Waals surface area contributed by atoms with Gasteiger partial charge in [-0.15, -0.1) is 0 Å². The van der Waals surface area contributed by atoms with Gasteiger partial charge in [-0.1, -0.05) is 22.9 Å². The van der Waals surface area contributed by atoms with Gasteiger partial charge in [-0.25, -0.2) is 12.4 Å². The minimum absolute atomic E-state index is 0.00895. The smallest absolute Gasteiger partial charge is 0.360 e. The molecule has 3 heterocycles. The number of benzene rings is 2. The summed E-state index contributed by atoms with van der Waals surface area (Å²) in [6.07, 6.45) is -3.28. The third-order valence-corrected chi connectivity index (χ3v) is 7.13. The second-order valence-electron chi connectivity index (χ2n) is 8.14. The molecule has 0 atom stereocenters. The summed E-state index contributed by atoms with van der Waals surface area (Å²) in [6.45, 7) is 2.25. The first kappa shape index (κ1) is 23.6. The highest BCUT2D eigenvalue weighted by Gasteiger charge is 2.28. The maximum Gasteiger partial charge on any atom is 0.405 e. The first-order chi connectivity index (χ1) is 17.0. The van der Waals surface area contributed by atoms with Crippen molar-refractivity contribution in [2.75, 3.05) is 17.2 Å². The van der Waals surface area contributed by atoms with Gasteiger partial charge in [0.2, 0.25) is 5.95 Å². The lowest BCUT2D eigenvalue weighted by atomic mass is 10.2. The first-order valence-corrected chi connectivity index (χ1v) is 12.1. The molecule has 2 N–H and O–H groups in total. The Bertz CT molecular complexity index is 1690. The Balaban J connectivity index is 1.61. The predicted octanol–water partition coefficient (Wildman–Crippen LogP) is 5.14. The van der Waals surface area contributed by atoms with Gasteiger partial charge in [0.15, 0.2) is 11.2 Å². The van der Waals surface area contributed by atoms with Crippen LogP contribution in [0.25, 0.3) is 22.0 Å². The van der Waals surface area contributed by atoms with Crippen LogP contribution in [0.15, 0.2) is 64.1 Å². The van der Waals surface area contributed by atoms with Crippen molar-refractivity contribution in [2.45, 2.75) is 24.9 Å². The second kappa shape index (κ2) is 8.52. The van der Waals surface area contributed by atoms with E-state index in [9.17, 15) is 21.6 Å². The van der Waals surface area contributed by atoms with Crippen LogP contribution in [0.4, 0.5) is 30.6 Å². The van der Waals surface area contributed by atoms with Gasteiger partial charge in [-0.3, -0.25) is 0 Å².